The number of likely N-dealkylation sites (tertiary alicyclic amines) is 1. The van der Waals surface area contributed by atoms with Crippen molar-refractivity contribution in [2.75, 3.05) is 13.1 Å². The second-order valence-corrected chi connectivity index (χ2v) is 10.8. The van der Waals surface area contributed by atoms with Crippen molar-refractivity contribution in [3.05, 3.63) is 64.7 Å². The van der Waals surface area contributed by atoms with E-state index < -0.39 is 29.4 Å². The molecule has 200 valence electrons. The molecule has 1 atom stereocenters. The smallest absolute Gasteiger partial charge is 0.416 e. The molecule has 37 heavy (non-hydrogen) atoms. The molecule has 1 saturated heterocycles. The number of carboxylic acid groups (broad SMARTS) is 1. The lowest BCUT2D eigenvalue weighted by molar-refractivity contribution is -0.144. The van der Waals surface area contributed by atoms with E-state index in [1.165, 1.54) is 0 Å². The van der Waals surface area contributed by atoms with Gasteiger partial charge in [0.1, 0.15) is 5.75 Å². The number of carbonyl (C=O) groups is 1. The van der Waals surface area contributed by atoms with Crippen molar-refractivity contribution in [3.8, 4) is 5.75 Å². The van der Waals surface area contributed by atoms with Crippen LogP contribution >= 0.6 is 0 Å². The molecule has 10 heteroatoms. The molecular weight excluding hydrogens is 500 g/mol. The van der Waals surface area contributed by atoms with Gasteiger partial charge in [-0.1, -0.05) is 12.1 Å². The molecule has 1 aliphatic heterocycles. The van der Waals surface area contributed by atoms with E-state index in [0.29, 0.717) is 55.8 Å². The van der Waals surface area contributed by atoms with E-state index in [1.807, 2.05) is 24.3 Å². The van der Waals surface area contributed by atoms with Crippen LogP contribution < -0.4 is 4.74 Å². The Kier molecular flexibility index (Phi) is 6.45. The highest BCUT2D eigenvalue weighted by Crippen LogP contribution is 2.51. The second-order valence-electron chi connectivity index (χ2n) is 10.8. The Morgan fingerprint density at radius 2 is 1.73 bits per heavy atom. The summed E-state index contributed by atoms with van der Waals surface area (Å²) >= 11 is 0. The molecule has 2 aromatic rings. The van der Waals surface area contributed by atoms with Gasteiger partial charge in [0.2, 0.25) is 0 Å². The Bertz CT molecular complexity index is 1160. The third-order valence-electron chi connectivity index (χ3n) is 7.75. The molecule has 1 N–H and O–H groups in total. The van der Waals surface area contributed by atoms with E-state index in [4.69, 9.17) is 4.74 Å². The fourth-order valence-corrected chi connectivity index (χ4v) is 5.93. The van der Waals surface area contributed by atoms with Crippen LogP contribution in [0.5, 0.6) is 5.75 Å². The van der Waals surface area contributed by atoms with Crippen molar-refractivity contribution in [3.63, 3.8) is 0 Å². The van der Waals surface area contributed by atoms with Crippen LogP contribution in [0.25, 0.3) is 0 Å². The van der Waals surface area contributed by atoms with Gasteiger partial charge in [0.25, 0.3) is 0 Å². The summed E-state index contributed by atoms with van der Waals surface area (Å²) in [5.41, 5.74) is -1.64. The number of benzene rings is 2. The molecule has 0 amide bonds. The molecule has 0 bridgehead atoms. The molecule has 2 aliphatic carbocycles. The van der Waals surface area contributed by atoms with Crippen LogP contribution in [0.3, 0.4) is 0 Å². The van der Waals surface area contributed by atoms with Crippen molar-refractivity contribution in [1.82, 2.24) is 4.90 Å². The van der Waals surface area contributed by atoms with Gasteiger partial charge in [-0.05, 0) is 79.0 Å². The van der Waals surface area contributed by atoms with Crippen molar-refractivity contribution < 1.29 is 41.0 Å². The number of hydrogen-bond acceptors (Lipinski definition) is 3. The van der Waals surface area contributed by atoms with Gasteiger partial charge in [0.05, 0.1) is 23.7 Å². The molecule has 0 radical (unpaired) electrons. The van der Waals surface area contributed by atoms with E-state index in [-0.39, 0.29) is 36.0 Å². The van der Waals surface area contributed by atoms with Crippen molar-refractivity contribution in [2.24, 2.45) is 11.3 Å². The third kappa shape index (κ3) is 5.73. The van der Waals surface area contributed by atoms with Crippen LogP contribution in [0.4, 0.5) is 26.3 Å². The first-order valence-electron chi connectivity index (χ1n) is 12.3. The summed E-state index contributed by atoms with van der Waals surface area (Å²) in [6, 6.07) is 9.10. The predicted molar refractivity (Wildman–Crippen MR) is 122 cm³/mol. The van der Waals surface area contributed by atoms with Gasteiger partial charge >= 0.3 is 18.3 Å². The lowest BCUT2D eigenvalue weighted by atomic mass is 9.61. The Balaban J connectivity index is 1.17. The standard InChI is InChI=1S/C27H27F6NO3/c28-26(29,30)19-6-7-23(27(31,32)33)18(8-19)13-34-14-25(15-34)11-21(12-25)37-20-3-1-2-17(9-20)22(10-24(35)36)16-4-5-16/h1-3,6-9,16,21-22H,4-5,10-15H2,(H,35,36). The Morgan fingerprint density at radius 3 is 2.32 bits per heavy atom. The summed E-state index contributed by atoms with van der Waals surface area (Å²) in [4.78, 5) is 13.0. The Morgan fingerprint density at radius 1 is 1.03 bits per heavy atom. The van der Waals surface area contributed by atoms with E-state index >= 15 is 0 Å². The average molecular weight is 528 g/mol. The molecule has 4 nitrogen and oxygen atoms in total. The second kappa shape index (κ2) is 9.22. The van der Waals surface area contributed by atoms with Crippen LogP contribution in [-0.2, 0) is 23.7 Å². The first-order chi connectivity index (χ1) is 17.3. The van der Waals surface area contributed by atoms with Crippen LogP contribution in [-0.4, -0.2) is 35.2 Å². The zero-order valence-electron chi connectivity index (χ0n) is 19.9. The normalized spacial score (nSPS) is 20.8. The van der Waals surface area contributed by atoms with Crippen molar-refractivity contribution in [2.45, 2.75) is 63.0 Å². The van der Waals surface area contributed by atoms with Gasteiger partial charge in [0.15, 0.2) is 0 Å². The number of nitrogens with zero attached hydrogens (tertiary/aromatic N) is 1. The lowest BCUT2D eigenvalue weighted by Crippen LogP contribution is -2.64. The number of alkyl halides is 6. The molecule has 2 saturated carbocycles. The Hall–Kier alpha value is -2.75. The summed E-state index contributed by atoms with van der Waals surface area (Å²) < 4.78 is 85.5. The van der Waals surface area contributed by atoms with Crippen LogP contribution in [0.2, 0.25) is 0 Å². The largest absolute Gasteiger partial charge is 0.490 e. The number of hydrogen-bond donors (Lipinski definition) is 1. The molecule has 3 fully saturated rings. The molecule has 0 aromatic heterocycles. The maximum absolute atomic E-state index is 13.4. The van der Waals surface area contributed by atoms with E-state index in [9.17, 15) is 36.2 Å². The fraction of sp³-hybridized carbons (Fsp3) is 0.519. The summed E-state index contributed by atoms with van der Waals surface area (Å²) in [5, 5.41) is 9.25. The number of rotatable bonds is 8. The highest BCUT2D eigenvalue weighted by molar-refractivity contribution is 5.68. The minimum atomic E-state index is -4.73. The van der Waals surface area contributed by atoms with Gasteiger partial charge in [-0.2, -0.15) is 26.3 Å². The highest BCUT2D eigenvalue weighted by Gasteiger charge is 2.53. The first kappa shape index (κ1) is 25.9. The van der Waals surface area contributed by atoms with Crippen LogP contribution in [0, 0.1) is 11.3 Å². The number of ether oxygens (including phenoxy) is 1. The van der Waals surface area contributed by atoms with Crippen LogP contribution in [0.1, 0.15) is 60.3 Å². The van der Waals surface area contributed by atoms with Gasteiger partial charge in [-0.3, -0.25) is 9.69 Å². The molecule has 5 rings (SSSR count). The predicted octanol–water partition coefficient (Wildman–Crippen LogP) is 6.74. The zero-order valence-corrected chi connectivity index (χ0v) is 19.9. The third-order valence-corrected chi connectivity index (χ3v) is 7.75. The Labute approximate surface area is 210 Å². The van der Waals surface area contributed by atoms with Gasteiger partial charge in [0, 0.05) is 25.0 Å². The maximum Gasteiger partial charge on any atom is 0.416 e. The summed E-state index contributed by atoms with van der Waals surface area (Å²) in [5.74, 6) is 0.190. The van der Waals surface area contributed by atoms with E-state index in [1.54, 1.807) is 4.90 Å². The lowest BCUT2D eigenvalue weighted by Gasteiger charge is -2.58. The van der Waals surface area contributed by atoms with Crippen molar-refractivity contribution >= 4 is 5.97 Å². The van der Waals surface area contributed by atoms with Crippen molar-refractivity contribution in [1.29, 1.82) is 0 Å². The summed E-state index contributed by atoms with van der Waals surface area (Å²) in [6.07, 6.45) is -5.95. The fourth-order valence-electron chi connectivity index (χ4n) is 5.93. The average Bonchev–Trinajstić information content (AvgIpc) is 3.58. The van der Waals surface area contributed by atoms with E-state index in [2.05, 4.69) is 0 Å². The number of aliphatic carboxylic acids is 1. The van der Waals surface area contributed by atoms with Gasteiger partial charge in [-0.25, -0.2) is 0 Å². The molecule has 3 aliphatic rings. The summed E-state index contributed by atoms with van der Waals surface area (Å²) in [6.45, 7) is 0.811. The molecule has 2 aromatic carbocycles. The first-order valence-corrected chi connectivity index (χ1v) is 12.3. The molecular formula is C27H27F6NO3. The van der Waals surface area contributed by atoms with Gasteiger partial charge in [-0.15, -0.1) is 0 Å². The van der Waals surface area contributed by atoms with Gasteiger partial charge < -0.3 is 9.84 Å². The SMILES string of the molecule is O=C(O)CC(c1cccc(OC2CC3(C2)CN(Cc2cc(C(F)(F)F)ccc2C(F)(F)F)C3)c1)C1CC1. The number of carboxylic acids is 1. The topological polar surface area (TPSA) is 49.8 Å². The minimum Gasteiger partial charge on any atom is -0.490 e. The minimum absolute atomic E-state index is 0.0357. The zero-order chi connectivity index (χ0) is 26.6. The maximum atomic E-state index is 13.4. The molecule has 1 unspecified atom stereocenters. The molecule has 1 heterocycles. The quantitative estimate of drug-likeness (QED) is 0.387. The number of halogens is 6. The molecule has 1 spiro atoms. The monoisotopic (exact) mass is 527 g/mol. The highest BCUT2D eigenvalue weighted by atomic mass is 19.4. The van der Waals surface area contributed by atoms with Crippen LogP contribution in [0.15, 0.2) is 42.5 Å². The summed E-state index contributed by atoms with van der Waals surface area (Å²) in [7, 11) is 0. The van der Waals surface area contributed by atoms with E-state index in [0.717, 1.165) is 18.4 Å².